The molecule has 3 rings (SSSR count). The van der Waals surface area contributed by atoms with Crippen molar-refractivity contribution >= 4 is 40.7 Å². The summed E-state index contributed by atoms with van der Waals surface area (Å²) >= 11 is 12.1. The van der Waals surface area contributed by atoms with E-state index < -0.39 is 0 Å². The van der Waals surface area contributed by atoms with Crippen LogP contribution in [0, 0.1) is 0 Å². The summed E-state index contributed by atoms with van der Waals surface area (Å²) in [5.41, 5.74) is 7.99. The maximum Gasteiger partial charge on any atom is 0.225 e. The van der Waals surface area contributed by atoms with Gasteiger partial charge in [-0.05, 0) is 37.3 Å². The van der Waals surface area contributed by atoms with Crippen LogP contribution in [0.2, 0.25) is 10.0 Å². The lowest BCUT2D eigenvalue weighted by Gasteiger charge is -2.15. The normalized spacial score (nSPS) is 11.7. The lowest BCUT2D eigenvalue weighted by Crippen LogP contribution is -2.21. The number of aliphatic hydroxyl groups excluding tert-OH is 1. The number of nitrogens with zero attached hydrogens (tertiary/aromatic N) is 3. The summed E-state index contributed by atoms with van der Waals surface area (Å²) in [4.78, 5) is 13.2. The minimum absolute atomic E-state index is 0.0431. The fourth-order valence-corrected chi connectivity index (χ4v) is 2.67. The lowest BCUT2D eigenvalue weighted by atomic mass is 10.2. The van der Waals surface area contributed by atoms with Gasteiger partial charge >= 0.3 is 0 Å². The summed E-state index contributed by atoms with van der Waals surface area (Å²) in [6.45, 7) is 1.79. The predicted octanol–water partition coefficient (Wildman–Crippen LogP) is 4.08. The standard InChI is InChI=1S/C18H18Cl2N6O/c1-11(10-27)22-18-23-16(15-4-2-3-7-21-15)9-17(24-18)26-25-14-6-5-12(19)8-13(14)20/h2-9,11,25,27H,10H2,1H3,(H2,22,23,24,26)/t11-/m1/s1. The molecule has 0 fully saturated rings. The maximum absolute atomic E-state index is 9.27. The third kappa shape index (κ3) is 5.19. The number of anilines is 3. The van der Waals surface area contributed by atoms with Gasteiger partial charge < -0.3 is 10.4 Å². The Morgan fingerprint density at radius 2 is 1.89 bits per heavy atom. The number of pyridine rings is 1. The van der Waals surface area contributed by atoms with E-state index >= 15 is 0 Å². The number of benzene rings is 1. The van der Waals surface area contributed by atoms with Crippen LogP contribution in [0.1, 0.15) is 6.92 Å². The molecule has 0 amide bonds. The number of halogens is 2. The number of aromatic nitrogens is 3. The topological polar surface area (TPSA) is 95.0 Å². The Morgan fingerprint density at radius 1 is 1.04 bits per heavy atom. The third-order valence-electron chi connectivity index (χ3n) is 3.56. The van der Waals surface area contributed by atoms with Gasteiger partial charge in [0.15, 0.2) is 5.82 Å². The highest BCUT2D eigenvalue weighted by Gasteiger charge is 2.10. The molecular weight excluding hydrogens is 387 g/mol. The number of hydrogen-bond acceptors (Lipinski definition) is 7. The van der Waals surface area contributed by atoms with E-state index in [9.17, 15) is 5.11 Å². The summed E-state index contributed by atoms with van der Waals surface area (Å²) in [5.74, 6) is 0.871. The van der Waals surface area contributed by atoms with E-state index in [4.69, 9.17) is 23.2 Å². The van der Waals surface area contributed by atoms with E-state index in [-0.39, 0.29) is 12.6 Å². The van der Waals surface area contributed by atoms with Gasteiger partial charge in [0.05, 0.1) is 28.7 Å². The molecule has 0 radical (unpaired) electrons. The molecule has 9 heteroatoms. The SMILES string of the molecule is C[C@H](CO)Nc1nc(NNc2ccc(Cl)cc2Cl)cc(-c2ccccn2)n1. The van der Waals surface area contributed by atoms with E-state index in [0.29, 0.717) is 38.9 Å². The first kappa shape index (κ1) is 19.2. The second-order valence-corrected chi connectivity index (χ2v) is 6.62. The van der Waals surface area contributed by atoms with Gasteiger partial charge in [0.1, 0.15) is 0 Å². The first-order valence-electron chi connectivity index (χ1n) is 8.20. The van der Waals surface area contributed by atoms with E-state index in [0.717, 1.165) is 0 Å². The van der Waals surface area contributed by atoms with Crippen molar-refractivity contribution < 1.29 is 5.11 Å². The van der Waals surface area contributed by atoms with Gasteiger partial charge in [0.2, 0.25) is 5.95 Å². The lowest BCUT2D eigenvalue weighted by molar-refractivity contribution is 0.281. The van der Waals surface area contributed by atoms with Crippen LogP contribution in [-0.4, -0.2) is 32.7 Å². The van der Waals surface area contributed by atoms with Crippen molar-refractivity contribution in [1.82, 2.24) is 15.0 Å². The molecule has 3 aromatic rings. The van der Waals surface area contributed by atoms with Crippen molar-refractivity contribution in [1.29, 1.82) is 0 Å². The van der Waals surface area contributed by atoms with Crippen LogP contribution >= 0.6 is 23.2 Å². The second kappa shape index (κ2) is 8.85. The molecular formula is C18H18Cl2N6O. The Morgan fingerprint density at radius 3 is 2.59 bits per heavy atom. The Hall–Kier alpha value is -2.61. The molecule has 1 aromatic carbocycles. The molecule has 0 unspecified atom stereocenters. The summed E-state index contributed by atoms with van der Waals surface area (Å²) in [5, 5.41) is 13.3. The summed E-state index contributed by atoms with van der Waals surface area (Å²) < 4.78 is 0. The molecule has 0 bridgehead atoms. The van der Waals surface area contributed by atoms with Crippen molar-refractivity contribution in [3.8, 4) is 11.4 Å². The Labute approximate surface area is 166 Å². The third-order valence-corrected chi connectivity index (χ3v) is 4.11. The molecule has 27 heavy (non-hydrogen) atoms. The second-order valence-electron chi connectivity index (χ2n) is 5.78. The summed E-state index contributed by atoms with van der Waals surface area (Å²) in [6.07, 6.45) is 1.69. The maximum atomic E-state index is 9.27. The van der Waals surface area contributed by atoms with Crippen LogP contribution in [-0.2, 0) is 0 Å². The number of aliphatic hydroxyl groups is 1. The van der Waals surface area contributed by atoms with Crippen LogP contribution in [0.3, 0.4) is 0 Å². The zero-order valence-electron chi connectivity index (χ0n) is 14.4. The van der Waals surface area contributed by atoms with E-state index in [1.807, 2.05) is 25.1 Å². The molecule has 1 atom stereocenters. The van der Waals surface area contributed by atoms with E-state index in [1.165, 1.54) is 0 Å². The Balaban J connectivity index is 1.87. The first-order valence-corrected chi connectivity index (χ1v) is 8.95. The van der Waals surface area contributed by atoms with Crippen LogP contribution in [0.25, 0.3) is 11.4 Å². The van der Waals surface area contributed by atoms with Crippen molar-refractivity contribution in [2.24, 2.45) is 0 Å². The highest BCUT2D eigenvalue weighted by atomic mass is 35.5. The molecule has 0 saturated heterocycles. The van der Waals surface area contributed by atoms with Gasteiger partial charge in [-0.3, -0.25) is 15.8 Å². The highest BCUT2D eigenvalue weighted by molar-refractivity contribution is 6.36. The molecule has 140 valence electrons. The predicted molar refractivity (Wildman–Crippen MR) is 109 cm³/mol. The quantitative estimate of drug-likeness (QED) is 0.440. The van der Waals surface area contributed by atoms with Gasteiger partial charge in [-0.1, -0.05) is 29.3 Å². The van der Waals surface area contributed by atoms with Crippen LogP contribution < -0.4 is 16.2 Å². The van der Waals surface area contributed by atoms with E-state index in [1.54, 1.807) is 30.5 Å². The van der Waals surface area contributed by atoms with Crippen molar-refractivity contribution in [2.75, 3.05) is 22.8 Å². The van der Waals surface area contributed by atoms with Crippen molar-refractivity contribution in [3.63, 3.8) is 0 Å². The van der Waals surface area contributed by atoms with Gasteiger partial charge in [0, 0.05) is 23.3 Å². The first-order chi connectivity index (χ1) is 13.0. The number of hydrogen-bond donors (Lipinski definition) is 4. The molecule has 0 aliphatic carbocycles. The van der Waals surface area contributed by atoms with Crippen molar-refractivity contribution in [2.45, 2.75) is 13.0 Å². The number of rotatable bonds is 7. The van der Waals surface area contributed by atoms with Gasteiger partial charge in [-0.25, -0.2) is 4.98 Å². The monoisotopic (exact) mass is 404 g/mol. The highest BCUT2D eigenvalue weighted by Crippen LogP contribution is 2.26. The molecule has 2 aromatic heterocycles. The molecule has 7 nitrogen and oxygen atoms in total. The Bertz CT molecular complexity index is 910. The zero-order valence-corrected chi connectivity index (χ0v) is 16.0. The Kier molecular flexibility index (Phi) is 6.28. The number of hydrazine groups is 1. The van der Waals surface area contributed by atoms with Gasteiger partial charge in [-0.2, -0.15) is 4.98 Å². The van der Waals surface area contributed by atoms with Gasteiger partial charge in [0.25, 0.3) is 0 Å². The molecule has 4 N–H and O–H groups in total. The van der Waals surface area contributed by atoms with E-state index in [2.05, 4.69) is 31.1 Å². The molecule has 0 spiro atoms. The minimum atomic E-state index is -0.199. The largest absolute Gasteiger partial charge is 0.394 e. The summed E-state index contributed by atoms with van der Waals surface area (Å²) in [6, 6.07) is 12.3. The zero-order chi connectivity index (χ0) is 19.2. The molecule has 2 heterocycles. The molecule has 0 aliphatic heterocycles. The van der Waals surface area contributed by atoms with Crippen LogP contribution in [0.5, 0.6) is 0 Å². The molecule has 0 aliphatic rings. The average Bonchev–Trinajstić information content (AvgIpc) is 2.67. The minimum Gasteiger partial charge on any atom is -0.394 e. The fourth-order valence-electron chi connectivity index (χ4n) is 2.21. The average molecular weight is 405 g/mol. The van der Waals surface area contributed by atoms with Crippen LogP contribution in [0.15, 0.2) is 48.7 Å². The smallest absolute Gasteiger partial charge is 0.225 e. The van der Waals surface area contributed by atoms with Crippen LogP contribution in [0.4, 0.5) is 17.5 Å². The fraction of sp³-hybridized carbons (Fsp3) is 0.167. The summed E-state index contributed by atoms with van der Waals surface area (Å²) in [7, 11) is 0. The molecule has 0 saturated carbocycles. The number of nitrogens with one attached hydrogen (secondary N) is 3. The van der Waals surface area contributed by atoms with Crippen molar-refractivity contribution in [3.05, 3.63) is 58.7 Å². The van der Waals surface area contributed by atoms with Gasteiger partial charge in [-0.15, -0.1) is 0 Å².